The van der Waals surface area contributed by atoms with E-state index >= 15 is 0 Å². The van der Waals surface area contributed by atoms with Crippen molar-refractivity contribution < 1.29 is 13.6 Å². The Morgan fingerprint density at radius 1 is 1.42 bits per heavy atom. The van der Waals surface area contributed by atoms with Gasteiger partial charge in [-0.15, -0.1) is 0 Å². The Labute approximate surface area is 111 Å². The van der Waals surface area contributed by atoms with Crippen LogP contribution in [0.2, 0.25) is 0 Å². The van der Waals surface area contributed by atoms with Crippen molar-refractivity contribution in [1.29, 1.82) is 0 Å². The fourth-order valence-electron chi connectivity index (χ4n) is 1.56. The van der Waals surface area contributed by atoms with Crippen molar-refractivity contribution in [2.24, 2.45) is 5.73 Å². The Bertz CT molecular complexity index is 436. The number of nitrogens with zero attached hydrogens (tertiary/aromatic N) is 1. The molecular formula is C13H19F2N3O. The first-order valence-electron chi connectivity index (χ1n) is 5.94. The van der Waals surface area contributed by atoms with Gasteiger partial charge in [-0.05, 0) is 31.8 Å². The number of nitrogens with two attached hydrogens (primary N) is 1. The lowest BCUT2D eigenvalue weighted by molar-refractivity contribution is 0.0118. The molecule has 0 aromatic heterocycles. The fraction of sp³-hybridized carbons (Fsp3) is 0.462. The SMILES string of the molecule is CN(C)Cc1cccc(C(=O)NCC(F)(F)CN)c1. The zero-order chi connectivity index (χ0) is 14.5. The van der Waals surface area contributed by atoms with Gasteiger partial charge in [0.2, 0.25) is 0 Å². The molecule has 3 N–H and O–H groups in total. The van der Waals surface area contributed by atoms with Crippen molar-refractivity contribution in [3.05, 3.63) is 35.4 Å². The van der Waals surface area contributed by atoms with E-state index in [9.17, 15) is 13.6 Å². The first-order valence-corrected chi connectivity index (χ1v) is 5.94. The highest BCUT2D eigenvalue weighted by molar-refractivity contribution is 5.94. The highest BCUT2D eigenvalue weighted by atomic mass is 19.3. The van der Waals surface area contributed by atoms with E-state index in [2.05, 4.69) is 5.32 Å². The summed E-state index contributed by atoms with van der Waals surface area (Å²) in [4.78, 5) is 13.7. The second-order valence-corrected chi connectivity index (χ2v) is 4.68. The Balaban J connectivity index is 2.67. The average molecular weight is 271 g/mol. The zero-order valence-corrected chi connectivity index (χ0v) is 11.1. The van der Waals surface area contributed by atoms with Crippen molar-refractivity contribution in [3.63, 3.8) is 0 Å². The summed E-state index contributed by atoms with van der Waals surface area (Å²) in [6.45, 7) is -0.853. The second kappa shape index (κ2) is 6.58. The summed E-state index contributed by atoms with van der Waals surface area (Å²) in [5.41, 5.74) is 6.22. The maximum Gasteiger partial charge on any atom is 0.277 e. The molecule has 0 unspecified atom stereocenters. The van der Waals surface area contributed by atoms with E-state index in [1.807, 2.05) is 25.1 Å². The lowest BCUT2D eigenvalue weighted by Gasteiger charge is -2.15. The number of halogens is 2. The van der Waals surface area contributed by atoms with Crippen molar-refractivity contribution in [1.82, 2.24) is 10.2 Å². The van der Waals surface area contributed by atoms with E-state index in [0.29, 0.717) is 12.1 Å². The number of nitrogens with one attached hydrogen (secondary N) is 1. The standard InChI is InChI=1S/C13H19F2N3O/c1-18(2)7-10-4-3-5-11(6-10)12(19)17-9-13(14,15)8-16/h3-6H,7-9,16H2,1-2H3,(H,17,19). The van der Waals surface area contributed by atoms with Crippen LogP contribution < -0.4 is 11.1 Å². The molecule has 1 aromatic rings. The molecule has 6 heteroatoms. The van der Waals surface area contributed by atoms with Crippen LogP contribution in [-0.2, 0) is 6.54 Å². The van der Waals surface area contributed by atoms with Crippen LogP contribution >= 0.6 is 0 Å². The van der Waals surface area contributed by atoms with E-state index < -0.39 is 24.9 Å². The number of amides is 1. The van der Waals surface area contributed by atoms with Gasteiger partial charge in [-0.25, -0.2) is 8.78 Å². The summed E-state index contributed by atoms with van der Waals surface area (Å²) >= 11 is 0. The molecule has 0 aliphatic heterocycles. The third kappa shape index (κ3) is 5.32. The monoisotopic (exact) mass is 271 g/mol. The van der Waals surface area contributed by atoms with E-state index in [0.717, 1.165) is 5.56 Å². The number of alkyl halides is 2. The van der Waals surface area contributed by atoms with Gasteiger partial charge in [0.15, 0.2) is 0 Å². The third-order valence-corrected chi connectivity index (χ3v) is 2.49. The summed E-state index contributed by atoms with van der Waals surface area (Å²) in [6.07, 6.45) is 0. The van der Waals surface area contributed by atoms with Crippen LogP contribution in [0.5, 0.6) is 0 Å². The molecule has 1 aromatic carbocycles. The van der Waals surface area contributed by atoms with Gasteiger partial charge in [-0.3, -0.25) is 4.79 Å². The number of rotatable bonds is 6. The van der Waals surface area contributed by atoms with Crippen LogP contribution in [0.25, 0.3) is 0 Å². The van der Waals surface area contributed by atoms with Crippen molar-refractivity contribution >= 4 is 5.91 Å². The van der Waals surface area contributed by atoms with E-state index in [-0.39, 0.29) is 0 Å². The largest absolute Gasteiger partial charge is 0.346 e. The minimum atomic E-state index is -3.07. The number of carbonyl (C=O) groups is 1. The molecule has 19 heavy (non-hydrogen) atoms. The van der Waals surface area contributed by atoms with Crippen LogP contribution in [0.15, 0.2) is 24.3 Å². The Morgan fingerprint density at radius 3 is 2.68 bits per heavy atom. The van der Waals surface area contributed by atoms with Crippen LogP contribution in [0, 0.1) is 0 Å². The van der Waals surface area contributed by atoms with E-state index in [1.54, 1.807) is 18.2 Å². The van der Waals surface area contributed by atoms with Gasteiger partial charge in [0.1, 0.15) is 0 Å². The molecular weight excluding hydrogens is 252 g/mol. The first-order chi connectivity index (χ1) is 8.84. The van der Waals surface area contributed by atoms with Gasteiger partial charge in [-0.1, -0.05) is 12.1 Å². The number of hydrogen-bond acceptors (Lipinski definition) is 3. The number of hydrogen-bond donors (Lipinski definition) is 2. The molecule has 0 aliphatic carbocycles. The van der Waals surface area contributed by atoms with Crippen molar-refractivity contribution in [3.8, 4) is 0 Å². The normalized spacial score (nSPS) is 11.7. The molecule has 0 heterocycles. The van der Waals surface area contributed by atoms with Gasteiger partial charge in [0.05, 0.1) is 13.1 Å². The van der Waals surface area contributed by atoms with Crippen molar-refractivity contribution in [2.45, 2.75) is 12.5 Å². The third-order valence-electron chi connectivity index (χ3n) is 2.49. The van der Waals surface area contributed by atoms with Gasteiger partial charge in [-0.2, -0.15) is 0 Å². The topological polar surface area (TPSA) is 58.4 Å². The van der Waals surface area contributed by atoms with Crippen LogP contribution in [0.4, 0.5) is 8.78 Å². The lowest BCUT2D eigenvalue weighted by Crippen LogP contribution is -2.41. The van der Waals surface area contributed by atoms with E-state index in [4.69, 9.17) is 5.73 Å². The molecule has 0 atom stereocenters. The molecule has 0 bridgehead atoms. The Kier molecular flexibility index (Phi) is 5.38. The van der Waals surface area contributed by atoms with Crippen LogP contribution in [0.3, 0.4) is 0 Å². The average Bonchev–Trinajstić information content (AvgIpc) is 2.35. The van der Waals surface area contributed by atoms with Gasteiger partial charge < -0.3 is 16.0 Å². The van der Waals surface area contributed by atoms with Crippen molar-refractivity contribution in [2.75, 3.05) is 27.2 Å². The molecule has 1 amide bonds. The Hall–Kier alpha value is -1.53. The molecule has 0 saturated carbocycles. The molecule has 4 nitrogen and oxygen atoms in total. The maximum absolute atomic E-state index is 12.9. The van der Waals surface area contributed by atoms with Crippen LogP contribution in [-0.4, -0.2) is 43.9 Å². The molecule has 0 saturated heterocycles. The highest BCUT2D eigenvalue weighted by Crippen LogP contribution is 2.10. The van der Waals surface area contributed by atoms with Crippen LogP contribution in [0.1, 0.15) is 15.9 Å². The molecule has 106 valence electrons. The first kappa shape index (κ1) is 15.5. The van der Waals surface area contributed by atoms with Gasteiger partial charge in [0, 0.05) is 12.1 Å². The molecule has 0 radical (unpaired) electrons. The smallest absolute Gasteiger partial charge is 0.277 e. The summed E-state index contributed by atoms with van der Waals surface area (Å²) in [5.74, 6) is -3.59. The summed E-state index contributed by atoms with van der Waals surface area (Å²) in [6, 6.07) is 6.89. The molecule has 0 fully saturated rings. The lowest BCUT2D eigenvalue weighted by atomic mass is 10.1. The number of benzene rings is 1. The predicted molar refractivity (Wildman–Crippen MR) is 70.2 cm³/mol. The number of carbonyl (C=O) groups excluding carboxylic acids is 1. The maximum atomic E-state index is 12.9. The zero-order valence-electron chi connectivity index (χ0n) is 11.1. The second-order valence-electron chi connectivity index (χ2n) is 4.68. The summed E-state index contributed by atoms with van der Waals surface area (Å²) < 4.78 is 25.9. The fourth-order valence-corrected chi connectivity index (χ4v) is 1.56. The molecule has 0 spiro atoms. The predicted octanol–water partition coefficient (Wildman–Crippen LogP) is 1.07. The summed E-state index contributed by atoms with van der Waals surface area (Å²) in [5, 5.41) is 2.19. The van der Waals surface area contributed by atoms with Gasteiger partial charge in [0.25, 0.3) is 11.8 Å². The highest BCUT2D eigenvalue weighted by Gasteiger charge is 2.27. The quantitative estimate of drug-likeness (QED) is 0.813. The van der Waals surface area contributed by atoms with E-state index in [1.165, 1.54) is 0 Å². The van der Waals surface area contributed by atoms with Gasteiger partial charge >= 0.3 is 0 Å². The minimum absolute atomic E-state index is 0.368. The Morgan fingerprint density at radius 2 is 2.11 bits per heavy atom. The summed E-state index contributed by atoms with van der Waals surface area (Å²) in [7, 11) is 3.82. The molecule has 1 rings (SSSR count). The minimum Gasteiger partial charge on any atom is -0.346 e. The molecule has 0 aliphatic rings.